The third-order valence-electron chi connectivity index (χ3n) is 5.10. The molecule has 158 valence electrons. The van der Waals surface area contributed by atoms with Gasteiger partial charge in [-0.15, -0.1) is 0 Å². The van der Waals surface area contributed by atoms with Crippen LogP contribution in [-0.2, 0) is 22.6 Å². The largest absolute Gasteiger partial charge is 0.459 e. The fourth-order valence-corrected chi connectivity index (χ4v) is 3.80. The number of halogens is 1. The normalized spacial score (nSPS) is 15.1. The van der Waals surface area contributed by atoms with Gasteiger partial charge in [-0.25, -0.2) is 0 Å². The molecule has 0 radical (unpaired) electrons. The maximum atomic E-state index is 13.0. The molecule has 1 unspecified atom stereocenters. The number of anilines is 1. The predicted octanol–water partition coefficient (Wildman–Crippen LogP) is 3.36. The lowest BCUT2D eigenvalue weighted by atomic mass is 9.93. The van der Waals surface area contributed by atoms with E-state index in [1.807, 2.05) is 36.4 Å². The van der Waals surface area contributed by atoms with Gasteiger partial charge in [0.1, 0.15) is 6.04 Å². The highest BCUT2D eigenvalue weighted by molar-refractivity contribution is 9.10. The Bertz CT molecular complexity index is 1100. The quantitative estimate of drug-likeness (QED) is 0.584. The van der Waals surface area contributed by atoms with Crippen molar-refractivity contribution in [1.82, 2.24) is 10.2 Å². The van der Waals surface area contributed by atoms with Crippen LogP contribution in [0, 0.1) is 0 Å². The molecule has 8 heteroatoms. The van der Waals surface area contributed by atoms with Gasteiger partial charge in [0.05, 0.1) is 12.8 Å². The van der Waals surface area contributed by atoms with Gasteiger partial charge in [-0.05, 0) is 47.5 Å². The van der Waals surface area contributed by atoms with Gasteiger partial charge < -0.3 is 20.0 Å². The van der Waals surface area contributed by atoms with Crippen molar-refractivity contribution in [2.75, 3.05) is 11.9 Å². The SMILES string of the molecule is O=C(CNC(=O)C1Cc2ccccc2CN1C(=O)c1ccco1)Nc1ccc(Br)cc1. The number of nitrogens with one attached hydrogen (secondary N) is 2. The molecule has 7 nitrogen and oxygen atoms in total. The average molecular weight is 482 g/mol. The van der Waals surface area contributed by atoms with Crippen LogP contribution >= 0.6 is 15.9 Å². The minimum atomic E-state index is -0.743. The van der Waals surface area contributed by atoms with Crippen LogP contribution in [0.15, 0.2) is 75.8 Å². The van der Waals surface area contributed by atoms with Crippen LogP contribution in [0.25, 0.3) is 0 Å². The second-order valence-electron chi connectivity index (χ2n) is 7.17. The van der Waals surface area contributed by atoms with E-state index in [4.69, 9.17) is 4.42 Å². The van der Waals surface area contributed by atoms with E-state index in [9.17, 15) is 14.4 Å². The lowest BCUT2D eigenvalue weighted by molar-refractivity contribution is -0.128. The lowest BCUT2D eigenvalue weighted by Crippen LogP contribution is -2.53. The third-order valence-corrected chi connectivity index (χ3v) is 5.62. The Morgan fingerprint density at radius 3 is 2.45 bits per heavy atom. The molecule has 2 N–H and O–H groups in total. The molecule has 3 amide bonds. The Balaban J connectivity index is 1.45. The molecule has 3 aromatic rings. The van der Waals surface area contributed by atoms with Gasteiger partial charge in [0.15, 0.2) is 5.76 Å². The first-order valence-corrected chi connectivity index (χ1v) is 10.5. The maximum Gasteiger partial charge on any atom is 0.290 e. The highest BCUT2D eigenvalue weighted by Crippen LogP contribution is 2.25. The van der Waals surface area contributed by atoms with Crippen molar-refractivity contribution in [2.45, 2.75) is 19.0 Å². The summed E-state index contributed by atoms with van der Waals surface area (Å²) in [7, 11) is 0. The number of amides is 3. The molecule has 31 heavy (non-hydrogen) atoms. The van der Waals surface area contributed by atoms with Gasteiger partial charge in [0.25, 0.3) is 5.91 Å². The Hall–Kier alpha value is -3.39. The molecule has 1 aliphatic heterocycles. The van der Waals surface area contributed by atoms with Gasteiger partial charge in [-0.3, -0.25) is 14.4 Å². The van der Waals surface area contributed by atoms with Crippen LogP contribution in [-0.4, -0.2) is 35.2 Å². The van der Waals surface area contributed by atoms with Crippen LogP contribution in [0.2, 0.25) is 0 Å². The number of hydrogen-bond acceptors (Lipinski definition) is 4. The van der Waals surface area contributed by atoms with Crippen molar-refractivity contribution in [3.8, 4) is 0 Å². The first-order chi connectivity index (χ1) is 15.0. The fourth-order valence-electron chi connectivity index (χ4n) is 3.54. The Morgan fingerprint density at radius 2 is 1.74 bits per heavy atom. The zero-order chi connectivity index (χ0) is 21.8. The second-order valence-corrected chi connectivity index (χ2v) is 8.09. The van der Waals surface area contributed by atoms with E-state index < -0.39 is 6.04 Å². The summed E-state index contributed by atoms with van der Waals surface area (Å²) in [5.74, 6) is -0.930. The topological polar surface area (TPSA) is 91.7 Å². The fraction of sp³-hybridized carbons (Fsp3) is 0.174. The molecule has 1 aliphatic rings. The molecule has 0 fully saturated rings. The van der Waals surface area contributed by atoms with Crippen molar-refractivity contribution < 1.29 is 18.8 Å². The van der Waals surface area contributed by atoms with Gasteiger partial charge in [-0.2, -0.15) is 0 Å². The number of benzene rings is 2. The van der Waals surface area contributed by atoms with Crippen LogP contribution in [0.4, 0.5) is 5.69 Å². The molecule has 0 aliphatic carbocycles. The molecule has 0 bridgehead atoms. The number of rotatable bonds is 5. The second kappa shape index (κ2) is 9.18. The average Bonchev–Trinajstić information content (AvgIpc) is 3.32. The van der Waals surface area contributed by atoms with Gasteiger partial charge >= 0.3 is 0 Å². The van der Waals surface area contributed by atoms with E-state index >= 15 is 0 Å². The summed E-state index contributed by atoms with van der Waals surface area (Å²) in [5, 5.41) is 5.39. The molecule has 0 saturated carbocycles. The summed E-state index contributed by atoms with van der Waals surface area (Å²) >= 11 is 3.34. The number of furan rings is 1. The summed E-state index contributed by atoms with van der Waals surface area (Å²) in [5.41, 5.74) is 2.62. The summed E-state index contributed by atoms with van der Waals surface area (Å²) in [4.78, 5) is 39.7. The highest BCUT2D eigenvalue weighted by Gasteiger charge is 2.36. The number of fused-ring (bicyclic) bond motifs is 1. The standard InChI is InChI=1S/C23H20BrN3O4/c24-17-7-9-18(10-8-17)26-21(28)13-25-22(29)19-12-15-4-1-2-5-16(15)14-27(19)23(30)20-6-3-11-31-20/h1-11,19H,12-14H2,(H,25,29)(H,26,28). The maximum absolute atomic E-state index is 13.0. The predicted molar refractivity (Wildman–Crippen MR) is 118 cm³/mol. The molecule has 2 heterocycles. The van der Waals surface area contributed by atoms with Crippen LogP contribution < -0.4 is 10.6 Å². The smallest absolute Gasteiger partial charge is 0.290 e. The number of carbonyl (C=O) groups is 3. The summed E-state index contributed by atoms with van der Waals surface area (Å²) in [6.45, 7) is 0.0920. The number of hydrogen-bond donors (Lipinski definition) is 2. The third kappa shape index (κ3) is 4.86. The van der Waals surface area contributed by atoms with E-state index in [1.54, 1.807) is 24.3 Å². The van der Waals surface area contributed by atoms with Gasteiger partial charge in [0, 0.05) is 23.1 Å². The van der Waals surface area contributed by atoms with Crippen LogP contribution in [0.3, 0.4) is 0 Å². The summed E-state index contributed by atoms with van der Waals surface area (Å²) < 4.78 is 6.15. The lowest BCUT2D eigenvalue weighted by Gasteiger charge is -2.35. The van der Waals surface area contributed by atoms with Crippen molar-refractivity contribution in [2.24, 2.45) is 0 Å². The van der Waals surface area contributed by atoms with E-state index in [0.29, 0.717) is 18.7 Å². The van der Waals surface area contributed by atoms with E-state index in [1.165, 1.54) is 11.2 Å². The van der Waals surface area contributed by atoms with E-state index in [-0.39, 0.29) is 30.0 Å². The molecule has 1 aromatic heterocycles. The monoisotopic (exact) mass is 481 g/mol. The molecule has 4 rings (SSSR count). The minimum absolute atomic E-state index is 0.171. The zero-order valence-electron chi connectivity index (χ0n) is 16.5. The molecule has 0 spiro atoms. The number of carbonyl (C=O) groups excluding carboxylic acids is 3. The highest BCUT2D eigenvalue weighted by atomic mass is 79.9. The van der Waals surface area contributed by atoms with Gasteiger partial charge in [-0.1, -0.05) is 40.2 Å². The van der Waals surface area contributed by atoms with Crippen LogP contribution in [0.1, 0.15) is 21.7 Å². The summed E-state index contributed by atoms with van der Waals surface area (Å²) in [6.07, 6.45) is 1.79. The van der Waals surface area contributed by atoms with Crippen LogP contribution in [0.5, 0.6) is 0 Å². The minimum Gasteiger partial charge on any atom is -0.459 e. The molecule has 0 saturated heterocycles. The Morgan fingerprint density at radius 1 is 1.00 bits per heavy atom. The first-order valence-electron chi connectivity index (χ1n) is 9.75. The molecule has 1 atom stereocenters. The van der Waals surface area contributed by atoms with E-state index in [0.717, 1.165) is 15.6 Å². The first kappa shape index (κ1) is 20.9. The molecular formula is C23H20BrN3O4. The van der Waals surface area contributed by atoms with Crippen molar-refractivity contribution in [3.63, 3.8) is 0 Å². The zero-order valence-corrected chi connectivity index (χ0v) is 18.1. The molecule has 2 aromatic carbocycles. The number of nitrogens with zero attached hydrogens (tertiary/aromatic N) is 1. The Labute approximate surface area is 187 Å². The van der Waals surface area contributed by atoms with Crippen molar-refractivity contribution in [1.29, 1.82) is 0 Å². The summed E-state index contributed by atoms with van der Waals surface area (Å²) in [6, 6.07) is 17.3. The van der Waals surface area contributed by atoms with E-state index in [2.05, 4.69) is 26.6 Å². The Kier molecular flexibility index (Phi) is 6.18. The van der Waals surface area contributed by atoms with Gasteiger partial charge in [0.2, 0.25) is 11.8 Å². The molecular weight excluding hydrogens is 462 g/mol. The van der Waals surface area contributed by atoms with Crippen molar-refractivity contribution in [3.05, 3.63) is 88.3 Å². The van der Waals surface area contributed by atoms with Crippen molar-refractivity contribution >= 4 is 39.3 Å².